The molecule has 2 aromatic carbocycles. The first-order chi connectivity index (χ1) is 17.4. The van der Waals surface area contributed by atoms with Gasteiger partial charge in [-0.05, 0) is 48.7 Å². The van der Waals surface area contributed by atoms with Crippen LogP contribution in [-0.4, -0.2) is 50.0 Å². The Morgan fingerprint density at radius 2 is 1.86 bits per heavy atom. The minimum atomic E-state index is -3.29. The maximum atomic E-state index is 12.4. The van der Waals surface area contributed by atoms with E-state index in [2.05, 4.69) is 4.98 Å². The molecule has 0 bridgehead atoms. The third kappa shape index (κ3) is 5.52. The molecule has 2 aliphatic heterocycles. The van der Waals surface area contributed by atoms with Crippen LogP contribution in [0.5, 0.6) is 5.75 Å². The number of sulfone groups is 1. The van der Waals surface area contributed by atoms with Crippen molar-refractivity contribution in [3.05, 3.63) is 78.0 Å². The van der Waals surface area contributed by atoms with Crippen LogP contribution >= 0.6 is 0 Å². The minimum absolute atomic E-state index is 0.182. The monoisotopic (exact) mass is 508 g/mol. The molecule has 3 aromatic rings. The maximum absolute atomic E-state index is 12.4. The Hall–Kier alpha value is -3.43. The van der Waals surface area contributed by atoms with Gasteiger partial charge in [0.05, 0.1) is 17.2 Å². The van der Waals surface area contributed by atoms with Crippen molar-refractivity contribution in [3.8, 4) is 17.0 Å². The van der Waals surface area contributed by atoms with Crippen LogP contribution in [0, 0.1) is 5.92 Å². The Labute approximate surface area is 210 Å². The summed E-state index contributed by atoms with van der Waals surface area (Å²) in [5.74, 6) is 0.952. The molecule has 0 N–H and O–H groups in total. The summed E-state index contributed by atoms with van der Waals surface area (Å²) in [6.07, 6.45) is 3.42. The van der Waals surface area contributed by atoms with E-state index in [4.69, 9.17) is 14.2 Å². The summed E-state index contributed by atoms with van der Waals surface area (Å²) in [5, 5.41) is 0. The Balaban J connectivity index is 1.15. The Morgan fingerprint density at radius 1 is 1.08 bits per heavy atom. The van der Waals surface area contributed by atoms with Crippen LogP contribution in [0.15, 0.2) is 71.8 Å². The second-order valence-corrected chi connectivity index (χ2v) is 11.2. The lowest BCUT2D eigenvalue weighted by Crippen LogP contribution is -2.44. The van der Waals surface area contributed by atoms with Gasteiger partial charge in [0, 0.05) is 42.6 Å². The Morgan fingerprint density at radius 3 is 2.56 bits per heavy atom. The van der Waals surface area contributed by atoms with Gasteiger partial charge in [0.15, 0.2) is 9.84 Å². The first-order valence-corrected chi connectivity index (χ1v) is 13.8. The Kier molecular flexibility index (Phi) is 6.93. The van der Waals surface area contributed by atoms with E-state index < -0.39 is 9.84 Å². The molecule has 1 amide bonds. The first kappa shape index (κ1) is 24.3. The normalized spacial score (nSPS) is 18.2. The summed E-state index contributed by atoms with van der Waals surface area (Å²) in [4.78, 5) is 18.7. The number of likely N-dealkylation sites (tertiary alicyclic amines) is 1. The number of piperidine rings is 1. The van der Waals surface area contributed by atoms with Gasteiger partial charge in [0.25, 0.3) is 0 Å². The molecule has 5 rings (SSSR count). The number of aromatic nitrogens is 1. The van der Waals surface area contributed by atoms with Crippen LogP contribution in [0.25, 0.3) is 11.3 Å². The van der Waals surface area contributed by atoms with Crippen LogP contribution < -0.4 is 4.74 Å². The lowest BCUT2D eigenvalue weighted by Gasteiger charge is -2.37. The molecule has 1 atom stereocenters. The first-order valence-electron chi connectivity index (χ1n) is 11.9. The van der Waals surface area contributed by atoms with Crippen LogP contribution in [0.2, 0.25) is 0 Å². The fourth-order valence-corrected chi connectivity index (χ4v) is 5.02. The molecule has 1 aromatic heterocycles. The molecule has 1 unspecified atom stereocenters. The van der Waals surface area contributed by atoms with Crippen molar-refractivity contribution in [2.24, 2.45) is 5.92 Å². The van der Waals surface area contributed by atoms with Crippen molar-refractivity contribution in [2.75, 3.05) is 19.3 Å². The quantitative estimate of drug-likeness (QED) is 0.503. The van der Waals surface area contributed by atoms with E-state index in [1.54, 1.807) is 17.0 Å². The second-order valence-electron chi connectivity index (χ2n) is 9.14. The summed E-state index contributed by atoms with van der Waals surface area (Å²) in [5.41, 5.74) is 3.42. The van der Waals surface area contributed by atoms with E-state index in [9.17, 15) is 13.2 Å². The molecular formula is C27H28N2O6S. The van der Waals surface area contributed by atoms with Gasteiger partial charge in [0.2, 0.25) is 6.29 Å². The molecule has 2 aliphatic rings. The average Bonchev–Trinajstić information content (AvgIpc) is 2.91. The third-order valence-electron chi connectivity index (χ3n) is 6.55. The topological polar surface area (TPSA) is 95.0 Å². The van der Waals surface area contributed by atoms with Crippen LogP contribution in [0.1, 0.15) is 24.0 Å². The van der Waals surface area contributed by atoms with Gasteiger partial charge in [-0.1, -0.05) is 30.3 Å². The summed E-state index contributed by atoms with van der Waals surface area (Å²) in [6.45, 7) is 1.88. The largest absolute Gasteiger partial charge is 0.464 e. The number of amides is 1. The number of benzene rings is 2. The summed E-state index contributed by atoms with van der Waals surface area (Å²) < 4.78 is 41.0. The number of hydrogen-bond donors (Lipinski definition) is 0. The van der Waals surface area contributed by atoms with Gasteiger partial charge < -0.3 is 19.1 Å². The predicted octanol–water partition coefficient (Wildman–Crippen LogP) is 4.44. The average molecular weight is 509 g/mol. The van der Waals surface area contributed by atoms with E-state index in [1.807, 2.05) is 48.5 Å². The van der Waals surface area contributed by atoms with Crippen molar-refractivity contribution in [1.29, 1.82) is 0 Å². The molecule has 8 nitrogen and oxygen atoms in total. The van der Waals surface area contributed by atoms with Crippen molar-refractivity contribution in [1.82, 2.24) is 9.88 Å². The smallest absolute Gasteiger partial charge is 0.410 e. The second kappa shape index (κ2) is 10.3. The van der Waals surface area contributed by atoms with E-state index in [-0.39, 0.29) is 29.8 Å². The van der Waals surface area contributed by atoms with Gasteiger partial charge in [-0.15, -0.1) is 0 Å². The summed E-state index contributed by atoms with van der Waals surface area (Å²) >= 11 is 0. The fraction of sp³-hybridized carbons (Fsp3) is 0.333. The predicted molar refractivity (Wildman–Crippen MR) is 133 cm³/mol. The van der Waals surface area contributed by atoms with Gasteiger partial charge in [-0.25, -0.2) is 13.2 Å². The lowest BCUT2D eigenvalue weighted by molar-refractivity contribution is -0.148. The molecule has 0 aliphatic carbocycles. The zero-order valence-corrected chi connectivity index (χ0v) is 20.8. The number of nitrogens with zero attached hydrogens (tertiary/aromatic N) is 2. The molecule has 9 heteroatoms. The van der Waals surface area contributed by atoms with E-state index >= 15 is 0 Å². The zero-order chi connectivity index (χ0) is 25.1. The Bertz CT molecular complexity index is 1320. The van der Waals surface area contributed by atoms with E-state index in [0.717, 1.165) is 41.5 Å². The van der Waals surface area contributed by atoms with Crippen LogP contribution in [-0.2, 0) is 32.5 Å². The minimum Gasteiger partial charge on any atom is -0.464 e. The molecule has 3 heterocycles. The molecular weight excluding hydrogens is 480 g/mol. The molecule has 0 spiro atoms. The molecule has 188 valence electrons. The van der Waals surface area contributed by atoms with Crippen molar-refractivity contribution < 1.29 is 27.4 Å². The van der Waals surface area contributed by atoms with E-state index in [0.29, 0.717) is 25.4 Å². The molecule has 0 radical (unpaired) electrons. The van der Waals surface area contributed by atoms with Gasteiger partial charge in [0.1, 0.15) is 12.4 Å². The molecule has 36 heavy (non-hydrogen) atoms. The number of carbonyl (C=O) groups excluding carboxylic acids is 1. The van der Waals surface area contributed by atoms with Gasteiger partial charge in [-0.3, -0.25) is 4.98 Å². The van der Waals surface area contributed by atoms with Gasteiger partial charge in [-0.2, -0.15) is 0 Å². The number of pyridine rings is 1. The van der Waals surface area contributed by atoms with Crippen molar-refractivity contribution in [2.45, 2.75) is 37.2 Å². The lowest BCUT2D eigenvalue weighted by atomic mass is 9.95. The number of ether oxygens (including phenoxy) is 3. The third-order valence-corrected chi connectivity index (χ3v) is 7.65. The highest BCUT2D eigenvalue weighted by Crippen LogP contribution is 2.35. The summed E-state index contributed by atoms with van der Waals surface area (Å²) in [6, 6.07) is 18.7. The fourth-order valence-electron chi connectivity index (χ4n) is 4.47. The van der Waals surface area contributed by atoms with Crippen molar-refractivity contribution >= 4 is 15.9 Å². The molecule has 1 fully saturated rings. The standard InChI is InChI=1S/C27H28N2O6S/c1-36(31,32)23-8-9-24(28-16-23)21-7-10-25-22(15-21)18-33-26(35-25)20-11-13-29(14-12-20)27(30)34-17-19-5-3-2-4-6-19/h2-10,15-16,20,26H,11-14,17-18H2,1H3. The highest BCUT2D eigenvalue weighted by atomic mass is 32.2. The summed E-state index contributed by atoms with van der Waals surface area (Å²) in [7, 11) is -3.29. The number of rotatable bonds is 5. The number of carbonyl (C=O) groups is 1. The molecule has 1 saturated heterocycles. The van der Waals surface area contributed by atoms with E-state index in [1.165, 1.54) is 6.20 Å². The molecule has 0 saturated carbocycles. The van der Waals surface area contributed by atoms with Gasteiger partial charge >= 0.3 is 6.09 Å². The van der Waals surface area contributed by atoms with Crippen LogP contribution in [0.3, 0.4) is 0 Å². The maximum Gasteiger partial charge on any atom is 0.410 e. The van der Waals surface area contributed by atoms with Crippen LogP contribution in [0.4, 0.5) is 4.79 Å². The van der Waals surface area contributed by atoms with Crippen molar-refractivity contribution in [3.63, 3.8) is 0 Å². The zero-order valence-electron chi connectivity index (χ0n) is 20.0. The number of fused-ring (bicyclic) bond motifs is 1. The highest BCUT2D eigenvalue weighted by molar-refractivity contribution is 7.90. The SMILES string of the molecule is CS(=O)(=O)c1ccc(-c2ccc3c(c2)COC(C2CCN(C(=O)OCc4ccccc4)CC2)O3)nc1. The highest BCUT2D eigenvalue weighted by Gasteiger charge is 2.33. The number of hydrogen-bond acceptors (Lipinski definition) is 7.